The van der Waals surface area contributed by atoms with Gasteiger partial charge in [0.25, 0.3) is 0 Å². The molecule has 2 aromatic rings. The topological polar surface area (TPSA) is 63.6 Å². The van der Waals surface area contributed by atoms with Gasteiger partial charge < -0.3 is 9.84 Å². The van der Waals surface area contributed by atoms with E-state index in [1.807, 2.05) is 6.07 Å². The molecule has 102 valence electrons. The molecule has 0 aliphatic heterocycles. The fourth-order valence-corrected chi connectivity index (χ4v) is 2.08. The normalized spacial score (nSPS) is 10.1. The summed E-state index contributed by atoms with van der Waals surface area (Å²) < 4.78 is 4.64. The maximum atomic E-state index is 11.4. The summed E-state index contributed by atoms with van der Waals surface area (Å²) in [5.41, 5.74) is 3.13. The molecule has 0 heterocycles. The van der Waals surface area contributed by atoms with Crippen LogP contribution in [0, 0.1) is 6.92 Å². The molecule has 0 aliphatic carbocycles. The quantitative estimate of drug-likeness (QED) is 0.870. The number of hydrogen-bond donors (Lipinski definition) is 1. The molecule has 2 rings (SSSR count). The molecule has 20 heavy (non-hydrogen) atoms. The number of methoxy groups -OCH3 is 1. The molecule has 0 unspecified atom stereocenters. The number of aromatic carboxylic acids is 1. The van der Waals surface area contributed by atoms with Crippen LogP contribution < -0.4 is 0 Å². The van der Waals surface area contributed by atoms with Crippen molar-refractivity contribution in [2.45, 2.75) is 6.92 Å². The lowest BCUT2D eigenvalue weighted by molar-refractivity contribution is 0.0600. The largest absolute Gasteiger partial charge is 0.478 e. The van der Waals surface area contributed by atoms with Gasteiger partial charge in [0.05, 0.1) is 18.2 Å². The number of carbonyl (C=O) groups is 2. The van der Waals surface area contributed by atoms with Crippen molar-refractivity contribution < 1.29 is 19.4 Å². The first-order chi connectivity index (χ1) is 9.54. The Balaban J connectivity index is 2.45. The van der Waals surface area contributed by atoms with E-state index in [0.29, 0.717) is 11.1 Å². The van der Waals surface area contributed by atoms with Crippen LogP contribution in [0.1, 0.15) is 26.3 Å². The van der Waals surface area contributed by atoms with Crippen molar-refractivity contribution >= 4 is 11.9 Å². The van der Waals surface area contributed by atoms with E-state index in [1.54, 1.807) is 43.3 Å². The molecular weight excluding hydrogens is 256 g/mol. The Morgan fingerprint density at radius 1 is 1.05 bits per heavy atom. The summed E-state index contributed by atoms with van der Waals surface area (Å²) in [5, 5.41) is 9.12. The van der Waals surface area contributed by atoms with Crippen molar-refractivity contribution in [3.63, 3.8) is 0 Å². The van der Waals surface area contributed by atoms with Gasteiger partial charge in [0.15, 0.2) is 0 Å². The van der Waals surface area contributed by atoms with E-state index in [1.165, 1.54) is 7.11 Å². The van der Waals surface area contributed by atoms with E-state index in [4.69, 9.17) is 5.11 Å². The van der Waals surface area contributed by atoms with Gasteiger partial charge in [0, 0.05) is 0 Å². The minimum Gasteiger partial charge on any atom is -0.478 e. The summed E-state index contributed by atoms with van der Waals surface area (Å²) in [4.78, 5) is 22.5. The minimum atomic E-state index is -0.949. The van der Waals surface area contributed by atoms with E-state index in [0.717, 1.165) is 11.1 Å². The van der Waals surface area contributed by atoms with Gasteiger partial charge in [0.1, 0.15) is 0 Å². The first kappa shape index (κ1) is 13.8. The highest BCUT2D eigenvalue weighted by Crippen LogP contribution is 2.26. The second kappa shape index (κ2) is 5.57. The summed E-state index contributed by atoms with van der Waals surface area (Å²) in [5.74, 6) is -1.34. The van der Waals surface area contributed by atoms with Crippen LogP contribution in [0.15, 0.2) is 42.5 Å². The number of ether oxygens (including phenoxy) is 1. The third kappa shape index (κ3) is 2.54. The number of carbonyl (C=O) groups excluding carboxylic acids is 1. The predicted molar refractivity (Wildman–Crippen MR) is 74.9 cm³/mol. The monoisotopic (exact) mass is 270 g/mol. The molecule has 0 aromatic heterocycles. The van der Waals surface area contributed by atoms with Crippen molar-refractivity contribution in [3.05, 3.63) is 59.2 Å². The number of carboxylic acids is 1. The number of benzene rings is 2. The summed E-state index contributed by atoms with van der Waals surface area (Å²) in [7, 11) is 1.33. The van der Waals surface area contributed by atoms with Crippen LogP contribution >= 0.6 is 0 Å². The summed E-state index contributed by atoms with van der Waals surface area (Å²) in [6, 6.07) is 12.0. The smallest absolute Gasteiger partial charge is 0.337 e. The van der Waals surface area contributed by atoms with E-state index < -0.39 is 11.9 Å². The molecule has 0 saturated carbocycles. The number of esters is 1. The van der Waals surface area contributed by atoms with Crippen molar-refractivity contribution in [3.8, 4) is 11.1 Å². The maximum absolute atomic E-state index is 11.4. The lowest BCUT2D eigenvalue weighted by Crippen LogP contribution is -2.02. The summed E-state index contributed by atoms with van der Waals surface area (Å²) >= 11 is 0. The average molecular weight is 270 g/mol. The number of carboxylic acid groups (broad SMARTS) is 1. The fourth-order valence-electron chi connectivity index (χ4n) is 2.08. The first-order valence-corrected chi connectivity index (χ1v) is 6.06. The number of hydrogen-bond acceptors (Lipinski definition) is 3. The third-order valence-corrected chi connectivity index (χ3v) is 3.18. The van der Waals surface area contributed by atoms with Crippen LogP contribution in [-0.4, -0.2) is 24.2 Å². The molecule has 0 atom stereocenters. The Morgan fingerprint density at radius 2 is 1.70 bits per heavy atom. The van der Waals surface area contributed by atoms with E-state index in [-0.39, 0.29) is 5.56 Å². The highest BCUT2D eigenvalue weighted by atomic mass is 16.5. The fraction of sp³-hybridized carbons (Fsp3) is 0.125. The van der Waals surface area contributed by atoms with Gasteiger partial charge in [0.2, 0.25) is 0 Å². The second-order valence-corrected chi connectivity index (χ2v) is 4.35. The van der Waals surface area contributed by atoms with Crippen LogP contribution in [0.25, 0.3) is 11.1 Å². The van der Waals surface area contributed by atoms with E-state index >= 15 is 0 Å². The zero-order chi connectivity index (χ0) is 14.7. The molecule has 4 nitrogen and oxygen atoms in total. The van der Waals surface area contributed by atoms with E-state index in [9.17, 15) is 9.59 Å². The Morgan fingerprint density at radius 3 is 2.25 bits per heavy atom. The van der Waals surface area contributed by atoms with Crippen molar-refractivity contribution in [1.29, 1.82) is 0 Å². The van der Waals surface area contributed by atoms with Gasteiger partial charge in [-0.3, -0.25) is 0 Å². The van der Waals surface area contributed by atoms with Crippen LogP contribution in [0.2, 0.25) is 0 Å². The second-order valence-electron chi connectivity index (χ2n) is 4.35. The van der Waals surface area contributed by atoms with Gasteiger partial charge in [-0.1, -0.05) is 24.3 Å². The SMILES string of the molecule is COC(=O)c1ccc(-c2cccc(C(=O)O)c2C)cc1. The molecule has 2 aromatic carbocycles. The van der Waals surface area contributed by atoms with Gasteiger partial charge in [-0.15, -0.1) is 0 Å². The molecule has 4 heteroatoms. The number of rotatable bonds is 3. The van der Waals surface area contributed by atoms with Crippen molar-refractivity contribution in [2.24, 2.45) is 0 Å². The van der Waals surface area contributed by atoms with Crippen LogP contribution in [0.5, 0.6) is 0 Å². The lowest BCUT2D eigenvalue weighted by atomic mass is 9.96. The standard InChI is InChI=1S/C16H14O4/c1-10-13(4-3-5-14(10)15(17)18)11-6-8-12(9-7-11)16(19)20-2/h3-9H,1-2H3,(H,17,18). The van der Waals surface area contributed by atoms with Crippen LogP contribution in [-0.2, 0) is 4.74 Å². The molecule has 0 saturated heterocycles. The molecule has 0 radical (unpaired) electrons. The Kier molecular flexibility index (Phi) is 3.84. The first-order valence-electron chi connectivity index (χ1n) is 6.06. The molecule has 0 bridgehead atoms. The molecule has 0 fully saturated rings. The Bertz CT molecular complexity index is 657. The minimum absolute atomic E-state index is 0.277. The van der Waals surface area contributed by atoms with Crippen LogP contribution in [0.4, 0.5) is 0 Å². The maximum Gasteiger partial charge on any atom is 0.337 e. The van der Waals surface area contributed by atoms with Gasteiger partial charge in [-0.25, -0.2) is 9.59 Å². The molecule has 0 spiro atoms. The average Bonchev–Trinajstić information content (AvgIpc) is 2.46. The Hall–Kier alpha value is -2.62. The molecular formula is C16H14O4. The highest BCUT2D eigenvalue weighted by Gasteiger charge is 2.12. The van der Waals surface area contributed by atoms with Crippen molar-refractivity contribution in [2.75, 3.05) is 7.11 Å². The molecule has 1 N–H and O–H groups in total. The van der Waals surface area contributed by atoms with E-state index in [2.05, 4.69) is 4.74 Å². The van der Waals surface area contributed by atoms with Gasteiger partial charge >= 0.3 is 11.9 Å². The van der Waals surface area contributed by atoms with Gasteiger partial charge in [-0.2, -0.15) is 0 Å². The van der Waals surface area contributed by atoms with Crippen molar-refractivity contribution in [1.82, 2.24) is 0 Å². The Labute approximate surface area is 116 Å². The summed E-state index contributed by atoms with van der Waals surface area (Å²) in [6.07, 6.45) is 0. The lowest BCUT2D eigenvalue weighted by Gasteiger charge is -2.09. The van der Waals surface area contributed by atoms with Crippen LogP contribution in [0.3, 0.4) is 0 Å². The summed E-state index contributed by atoms with van der Waals surface area (Å²) in [6.45, 7) is 1.77. The highest BCUT2D eigenvalue weighted by molar-refractivity contribution is 5.93. The zero-order valence-corrected chi connectivity index (χ0v) is 11.2. The zero-order valence-electron chi connectivity index (χ0n) is 11.2. The molecule has 0 amide bonds. The predicted octanol–water partition coefficient (Wildman–Crippen LogP) is 3.15. The molecule has 0 aliphatic rings. The third-order valence-electron chi connectivity index (χ3n) is 3.18. The van der Waals surface area contributed by atoms with Gasteiger partial charge in [-0.05, 0) is 41.8 Å².